The van der Waals surface area contributed by atoms with E-state index in [1.807, 2.05) is 0 Å². The number of nitrogens with one attached hydrogen (secondary N) is 2. The fourth-order valence-corrected chi connectivity index (χ4v) is 3.00. The number of amides is 1. The Morgan fingerprint density at radius 1 is 1.38 bits per heavy atom. The lowest BCUT2D eigenvalue weighted by atomic mass is 10.2. The van der Waals surface area contributed by atoms with Gasteiger partial charge >= 0.3 is 0 Å². The molecule has 0 bridgehead atoms. The molecule has 7 heteroatoms. The van der Waals surface area contributed by atoms with Crippen LogP contribution in [0.4, 0.5) is 5.13 Å². The van der Waals surface area contributed by atoms with Crippen LogP contribution in [0.25, 0.3) is 10.2 Å². The van der Waals surface area contributed by atoms with Gasteiger partial charge in [-0.05, 0) is 25.1 Å². The molecule has 3 rings (SSSR count). The van der Waals surface area contributed by atoms with Crippen molar-refractivity contribution in [2.75, 3.05) is 5.32 Å². The zero-order valence-electron chi connectivity index (χ0n) is 10.9. The number of thiazole rings is 1. The van der Waals surface area contributed by atoms with Crippen molar-refractivity contribution in [3.63, 3.8) is 0 Å². The Kier molecular flexibility index (Phi) is 3.48. The number of carbonyl (C=O) groups is 1. The largest absolute Gasteiger partial charge is 0.364 e. The molecule has 0 aliphatic heterocycles. The molecule has 1 aromatic carbocycles. The molecule has 0 saturated heterocycles. The standard InChI is InChI=1S/C14H10ClN3O2S/c1-7-4-11(19)9(6-16-7)13(20)18-14-17-10-3-2-8(15)5-12(10)21-14/h2-6H,1H3,(H,16,19)(H,17,18,20). The summed E-state index contributed by atoms with van der Waals surface area (Å²) < 4.78 is 0.871. The van der Waals surface area contributed by atoms with Gasteiger partial charge in [0.25, 0.3) is 5.91 Å². The minimum Gasteiger partial charge on any atom is -0.364 e. The summed E-state index contributed by atoms with van der Waals surface area (Å²) in [4.78, 5) is 31.0. The van der Waals surface area contributed by atoms with Crippen molar-refractivity contribution in [1.29, 1.82) is 0 Å². The molecule has 106 valence electrons. The topological polar surface area (TPSA) is 74.8 Å². The van der Waals surface area contributed by atoms with Crippen LogP contribution in [0.3, 0.4) is 0 Å². The van der Waals surface area contributed by atoms with Crippen molar-refractivity contribution in [2.24, 2.45) is 0 Å². The monoisotopic (exact) mass is 319 g/mol. The molecule has 5 nitrogen and oxygen atoms in total. The molecule has 0 fully saturated rings. The number of carbonyl (C=O) groups excluding carboxylic acids is 1. The summed E-state index contributed by atoms with van der Waals surface area (Å²) in [6, 6.07) is 6.68. The summed E-state index contributed by atoms with van der Waals surface area (Å²) in [5, 5.41) is 3.67. The highest BCUT2D eigenvalue weighted by molar-refractivity contribution is 7.22. The summed E-state index contributed by atoms with van der Waals surface area (Å²) in [7, 11) is 0. The van der Waals surface area contributed by atoms with Crippen LogP contribution in [0.15, 0.2) is 35.3 Å². The fourth-order valence-electron chi connectivity index (χ4n) is 1.87. The molecule has 2 aromatic heterocycles. The average molecular weight is 320 g/mol. The number of nitrogens with zero attached hydrogens (tertiary/aromatic N) is 1. The number of aromatic amines is 1. The molecule has 0 radical (unpaired) electrons. The first-order chi connectivity index (χ1) is 10.0. The second-order valence-electron chi connectivity index (χ2n) is 4.48. The van der Waals surface area contributed by atoms with E-state index in [2.05, 4.69) is 15.3 Å². The number of hydrogen-bond acceptors (Lipinski definition) is 4. The first kappa shape index (κ1) is 13.8. The Morgan fingerprint density at radius 2 is 2.19 bits per heavy atom. The number of fused-ring (bicyclic) bond motifs is 1. The number of rotatable bonds is 2. The van der Waals surface area contributed by atoms with Crippen LogP contribution < -0.4 is 10.7 Å². The number of pyridine rings is 1. The van der Waals surface area contributed by atoms with Gasteiger partial charge < -0.3 is 4.98 Å². The predicted octanol–water partition coefficient (Wildman–Crippen LogP) is 3.20. The van der Waals surface area contributed by atoms with Crippen LogP contribution in [0.5, 0.6) is 0 Å². The average Bonchev–Trinajstić information content (AvgIpc) is 2.79. The van der Waals surface area contributed by atoms with E-state index >= 15 is 0 Å². The van der Waals surface area contributed by atoms with Crippen molar-refractivity contribution < 1.29 is 4.79 Å². The third-order valence-electron chi connectivity index (χ3n) is 2.87. The van der Waals surface area contributed by atoms with E-state index < -0.39 is 5.91 Å². The maximum absolute atomic E-state index is 12.1. The van der Waals surface area contributed by atoms with Crippen molar-refractivity contribution in [2.45, 2.75) is 6.92 Å². The normalized spacial score (nSPS) is 10.8. The molecule has 0 aliphatic rings. The number of hydrogen-bond donors (Lipinski definition) is 2. The Morgan fingerprint density at radius 3 is 2.95 bits per heavy atom. The van der Waals surface area contributed by atoms with Crippen LogP contribution in [0, 0.1) is 6.92 Å². The number of H-pyrrole nitrogens is 1. The first-order valence-electron chi connectivity index (χ1n) is 6.10. The maximum Gasteiger partial charge on any atom is 0.262 e. The first-order valence-corrected chi connectivity index (χ1v) is 7.29. The molecular weight excluding hydrogens is 310 g/mol. The van der Waals surface area contributed by atoms with Crippen molar-refractivity contribution in [3.05, 3.63) is 57.0 Å². The van der Waals surface area contributed by atoms with Gasteiger partial charge in [-0.1, -0.05) is 22.9 Å². The zero-order chi connectivity index (χ0) is 15.0. The minimum absolute atomic E-state index is 0.0536. The summed E-state index contributed by atoms with van der Waals surface area (Å²) >= 11 is 7.21. The lowest BCUT2D eigenvalue weighted by Crippen LogP contribution is -2.21. The van der Waals surface area contributed by atoms with E-state index in [1.165, 1.54) is 23.6 Å². The Bertz CT molecular complexity index is 901. The number of benzene rings is 1. The quantitative estimate of drug-likeness (QED) is 0.761. The van der Waals surface area contributed by atoms with Gasteiger partial charge in [0.1, 0.15) is 5.56 Å². The van der Waals surface area contributed by atoms with Crippen LogP contribution in [0.2, 0.25) is 5.02 Å². The van der Waals surface area contributed by atoms with Gasteiger partial charge in [-0.15, -0.1) is 0 Å². The Balaban J connectivity index is 1.90. The molecule has 0 unspecified atom stereocenters. The van der Waals surface area contributed by atoms with E-state index in [0.29, 0.717) is 15.8 Å². The molecular formula is C14H10ClN3O2S. The highest BCUT2D eigenvalue weighted by atomic mass is 35.5. The van der Waals surface area contributed by atoms with Crippen LogP contribution in [-0.4, -0.2) is 15.9 Å². The van der Waals surface area contributed by atoms with Gasteiger partial charge in [0.05, 0.1) is 10.2 Å². The highest BCUT2D eigenvalue weighted by Gasteiger charge is 2.13. The molecule has 2 N–H and O–H groups in total. The third kappa shape index (κ3) is 2.81. The number of aromatic nitrogens is 2. The lowest BCUT2D eigenvalue weighted by molar-refractivity contribution is 0.102. The van der Waals surface area contributed by atoms with Crippen LogP contribution >= 0.6 is 22.9 Å². The fraction of sp³-hybridized carbons (Fsp3) is 0.0714. The Labute approximate surface area is 128 Å². The molecule has 0 spiro atoms. The zero-order valence-corrected chi connectivity index (χ0v) is 12.5. The number of aryl methyl sites for hydroxylation is 1. The third-order valence-corrected chi connectivity index (χ3v) is 4.04. The molecule has 3 aromatic rings. The minimum atomic E-state index is -0.485. The number of halogens is 1. The van der Waals surface area contributed by atoms with E-state index in [0.717, 1.165) is 10.2 Å². The molecule has 0 atom stereocenters. The second kappa shape index (κ2) is 5.31. The van der Waals surface area contributed by atoms with Gasteiger partial charge in [0.2, 0.25) is 0 Å². The van der Waals surface area contributed by atoms with Crippen molar-refractivity contribution in [1.82, 2.24) is 9.97 Å². The molecule has 1 amide bonds. The summed E-state index contributed by atoms with van der Waals surface area (Å²) in [5.41, 5.74) is 1.18. The van der Waals surface area contributed by atoms with Gasteiger partial charge in [0.15, 0.2) is 10.6 Å². The smallest absolute Gasteiger partial charge is 0.262 e. The van der Waals surface area contributed by atoms with Crippen LogP contribution in [-0.2, 0) is 0 Å². The Hall–Kier alpha value is -2.18. The van der Waals surface area contributed by atoms with E-state index in [1.54, 1.807) is 25.1 Å². The van der Waals surface area contributed by atoms with E-state index in [-0.39, 0.29) is 11.0 Å². The molecule has 0 saturated carbocycles. The highest BCUT2D eigenvalue weighted by Crippen LogP contribution is 2.28. The summed E-state index contributed by atoms with van der Waals surface area (Å²) in [5.74, 6) is -0.485. The second-order valence-corrected chi connectivity index (χ2v) is 5.95. The van der Waals surface area contributed by atoms with Gasteiger partial charge in [-0.2, -0.15) is 0 Å². The van der Waals surface area contributed by atoms with Gasteiger partial charge in [0, 0.05) is 23.0 Å². The van der Waals surface area contributed by atoms with Crippen LogP contribution in [0.1, 0.15) is 16.1 Å². The molecule has 0 aliphatic carbocycles. The summed E-state index contributed by atoms with van der Waals surface area (Å²) in [6.45, 7) is 1.75. The molecule has 2 heterocycles. The maximum atomic E-state index is 12.1. The predicted molar refractivity (Wildman–Crippen MR) is 84.4 cm³/mol. The summed E-state index contributed by atoms with van der Waals surface area (Å²) in [6.07, 6.45) is 1.40. The van der Waals surface area contributed by atoms with E-state index in [9.17, 15) is 9.59 Å². The van der Waals surface area contributed by atoms with Gasteiger partial charge in [-0.25, -0.2) is 4.98 Å². The van der Waals surface area contributed by atoms with E-state index in [4.69, 9.17) is 11.6 Å². The lowest BCUT2D eigenvalue weighted by Gasteiger charge is -2.01. The molecule has 21 heavy (non-hydrogen) atoms. The van der Waals surface area contributed by atoms with Crippen molar-refractivity contribution in [3.8, 4) is 0 Å². The SMILES string of the molecule is Cc1cc(=O)c(C(=O)Nc2nc3ccc(Cl)cc3s2)c[nH]1. The number of anilines is 1. The van der Waals surface area contributed by atoms with Gasteiger partial charge in [-0.3, -0.25) is 14.9 Å². The van der Waals surface area contributed by atoms with Crippen molar-refractivity contribution >= 4 is 44.2 Å².